The van der Waals surface area contributed by atoms with E-state index in [0.717, 1.165) is 19.5 Å². The van der Waals surface area contributed by atoms with E-state index in [2.05, 4.69) is 36.1 Å². The molecule has 1 saturated heterocycles. The zero-order valence-electron chi connectivity index (χ0n) is 12.7. The molecule has 0 aromatic heterocycles. The largest absolute Gasteiger partial charge is 0.466 e. The molecule has 1 aromatic carbocycles. The molecule has 1 fully saturated rings. The lowest BCUT2D eigenvalue weighted by Crippen LogP contribution is -2.28. The predicted molar refractivity (Wildman–Crippen MR) is 80.3 cm³/mol. The quantitative estimate of drug-likeness (QED) is 0.772. The minimum atomic E-state index is -0.0493. The lowest BCUT2D eigenvalue weighted by molar-refractivity contribution is -0.149. The van der Waals surface area contributed by atoms with Crippen molar-refractivity contribution in [3.63, 3.8) is 0 Å². The van der Waals surface area contributed by atoms with Gasteiger partial charge in [-0.2, -0.15) is 0 Å². The van der Waals surface area contributed by atoms with Crippen LogP contribution in [-0.4, -0.2) is 30.6 Å². The first kappa shape index (κ1) is 15.0. The highest BCUT2D eigenvalue weighted by atomic mass is 16.5. The van der Waals surface area contributed by atoms with Gasteiger partial charge in [-0.15, -0.1) is 0 Å². The minimum absolute atomic E-state index is 0.00271. The molecule has 3 nitrogen and oxygen atoms in total. The highest BCUT2D eigenvalue weighted by Crippen LogP contribution is 2.31. The van der Waals surface area contributed by atoms with Gasteiger partial charge in [0.25, 0.3) is 0 Å². The molecule has 0 aliphatic carbocycles. The molecule has 20 heavy (non-hydrogen) atoms. The number of carbonyl (C=O) groups excluding carboxylic acids is 1. The molecular formula is C17H25NO2. The van der Waals surface area contributed by atoms with Gasteiger partial charge in [-0.05, 0) is 38.3 Å². The molecule has 1 aromatic rings. The van der Waals surface area contributed by atoms with Gasteiger partial charge in [-0.25, -0.2) is 0 Å². The van der Waals surface area contributed by atoms with Crippen LogP contribution >= 0.6 is 0 Å². The van der Waals surface area contributed by atoms with E-state index in [1.807, 2.05) is 19.9 Å². The van der Waals surface area contributed by atoms with Gasteiger partial charge in [0, 0.05) is 12.6 Å². The van der Waals surface area contributed by atoms with Crippen molar-refractivity contribution in [2.45, 2.75) is 33.2 Å². The molecule has 0 radical (unpaired) electrons. The Hall–Kier alpha value is -1.35. The Labute approximate surface area is 121 Å². The van der Waals surface area contributed by atoms with Gasteiger partial charge < -0.3 is 4.74 Å². The number of esters is 1. The second-order valence-electron chi connectivity index (χ2n) is 5.67. The third kappa shape index (κ3) is 3.40. The van der Waals surface area contributed by atoms with Gasteiger partial charge in [-0.1, -0.05) is 37.3 Å². The molecule has 0 N–H and O–H groups in total. The van der Waals surface area contributed by atoms with Crippen molar-refractivity contribution in [1.82, 2.24) is 4.90 Å². The van der Waals surface area contributed by atoms with Crippen LogP contribution < -0.4 is 0 Å². The highest BCUT2D eigenvalue weighted by molar-refractivity contribution is 5.72. The molecule has 1 aliphatic heterocycles. The van der Waals surface area contributed by atoms with Crippen molar-refractivity contribution < 1.29 is 9.53 Å². The number of carbonyl (C=O) groups is 1. The summed E-state index contributed by atoms with van der Waals surface area (Å²) >= 11 is 0. The summed E-state index contributed by atoms with van der Waals surface area (Å²) < 4.78 is 5.14. The fraction of sp³-hybridized carbons (Fsp3) is 0.588. The van der Waals surface area contributed by atoms with Gasteiger partial charge in [0.2, 0.25) is 0 Å². The van der Waals surface area contributed by atoms with Crippen LogP contribution in [0.3, 0.4) is 0 Å². The highest BCUT2D eigenvalue weighted by Gasteiger charge is 2.33. The predicted octanol–water partition coefficient (Wildman–Crippen LogP) is 3.27. The van der Waals surface area contributed by atoms with E-state index in [1.54, 1.807) is 0 Å². The molecule has 1 heterocycles. The van der Waals surface area contributed by atoms with Crippen LogP contribution in [0.5, 0.6) is 0 Å². The van der Waals surface area contributed by atoms with Crippen molar-refractivity contribution in [3.05, 3.63) is 35.9 Å². The molecule has 1 aliphatic rings. The van der Waals surface area contributed by atoms with Crippen molar-refractivity contribution in [2.75, 3.05) is 19.7 Å². The van der Waals surface area contributed by atoms with Gasteiger partial charge in [-0.3, -0.25) is 9.69 Å². The first-order chi connectivity index (χ1) is 9.63. The summed E-state index contributed by atoms with van der Waals surface area (Å²) in [7, 11) is 0. The van der Waals surface area contributed by atoms with E-state index in [-0.39, 0.29) is 11.9 Å². The molecule has 3 heteroatoms. The summed E-state index contributed by atoms with van der Waals surface area (Å²) in [5.41, 5.74) is 1.34. The van der Waals surface area contributed by atoms with Crippen molar-refractivity contribution in [1.29, 1.82) is 0 Å². The molecule has 0 amide bonds. The summed E-state index contributed by atoms with van der Waals surface area (Å²) in [5.74, 6) is 0.370. The zero-order chi connectivity index (χ0) is 14.5. The fourth-order valence-electron chi connectivity index (χ4n) is 2.98. The lowest BCUT2D eigenvalue weighted by Gasteiger charge is -2.25. The first-order valence-electron chi connectivity index (χ1n) is 7.59. The van der Waals surface area contributed by atoms with Crippen LogP contribution in [0.25, 0.3) is 0 Å². The number of benzene rings is 1. The number of rotatable bonds is 5. The number of hydrogen-bond acceptors (Lipinski definition) is 3. The van der Waals surface area contributed by atoms with Crippen LogP contribution in [0.4, 0.5) is 0 Å². The van der Waals surface area contributed by atoms with E-state index < -0.39 is 0 Å². The maximum Gasteiger partial charge on any atom is 0.308 e. The number of hydrogen-bond donors (Lipinski definition) is 0. The van der Waals surface area contributed by atoms with E-state index in [4.69, 9.17) is 4.74 Å². The Balaban J connectivity index is 1.93. The van der Waals surface area contributed by atoms with Crippen LogP contribution in [0.1, 0.15) is 38.8 Å². The molecule has 3 atom stereocenters. The Morgan fingerprint density at radius 3 is 2.70 bits per heavy atom. The van der Waals surface area contributed by atoms with Crippen molar-refractivity contribution >= 4 is 5.97 Å². The number of nitrogens with zero attached hydrogens (tertiary/aromatic N) is 1. The molecule has 110 valence electrons. The smallest absolute Gasteiger partial charge is 0.308 e. The number of likely N-dealkylation sites (tertiary alicyclic amines) is 1. The summed E-state index contributed by atoms with van der Waals surface area (Å²) in [4.78, 5) is 14.3. The monoisotopic (exact) mass is 275 g/mol. The summed E-state index contributed by atoms with van der Waals surface area (Å²) in [6, 6.07) is 11.0. The maximum atomic E-state index is 11.8. The van der Waals surface area contributed by atoms with E-state index >= 15 is 0 Å². The second-order valence-corrected chi connectivity index (χ2v) is 5.67. The Kier molecular flexibility index (Phi) is 5.18. The van der Waals surface area contributed by atoms with Crippen LogP contribution in [-0.2, 0) is 9.53 Å². The van der Waals surface area contributed by atoms with Crippen LogP contribution in [0.2, 0.25) is 0 Å². The maximum absolute atomic E-state index is 11.8. The first-order valence-corrected chi connectivity index (χ1v) is 7.59. The Morgan fingerprint density at radius 2 is 2.05 bits per heavy atom. The molecular weight excluding hydrogens is 250 g/mol. The molecule has 2 rings (SSSR count). The average Bonchev–Trinajstić information content (AvgIpc) is 2.96. The summed E-state index contributed by atoms with van der Waals surface area (Å²) in [5, 5.41) is 0. The van der Waals surface area contributed by atoms with Gasteiger partial charge in [0.15, 0.2) is 0 Å². The van der Waals surface area contributed by atoms with E-state index in [9.17, 15) is 4.79 Å². The third-order valence-corrected chi connectivity index (χ3v) is 4.45. The zero-order valence-corrected chi connectivity index (χ0v) is 12.7. The fourth-order valence-corrected chi connectivity index (χ4v) is 2.98. The summed E-state index contributed by atoms with van der Waals surface area (Å²) in [6.07, 6.45) is 1.08. The molecule has 1 unspecified atom stereocenters. The van der Waals surface area contributed by atoms with E-state index in [1.165, 1.54) is 5.56 Å². The molecule has 0 bridgehead atoms. The third-order valence-electron chi connectivity index (χ3n) is 4.45. The number of ether oxygens (including phenoxy) is 1. The minimum Gasteiger partial charge on any atom is -0.466 e. The van der Waals surface area contributed by atoms with Gasteiger partial charge in [0.1, 0.15) is 0 Å². The second kappa shape index (κ2) is 6.89. The van der Waals surface area contributed by atoms with E-state index in [0.29, 0.717) is 18.6 Å². The molecule has 0 saturated carbocycles. The lowest BCUT2D eigenvalue weighted by atomic mass is 9.93. The van der Waals surface area contributed by atoms with Crippen LogP contribution in [0.15, 0.2) is 30.3 Å². The van der Waals surface area contributed by atoms with Gasteiger partial charge in [0.05, 0.1) is 12.5 Å². The standard InChI is InChI=1S/C17H25NO2/c1-4-20-17(19)13(2)16-10-11-18(12-16)14(3)15-8-6-5-7-9-15/h5-9,13-14,16H,4,10-12H2,1-3H3/t13?,14-,16+/m0/s1. The summed E-state index contributed by atoms with van der Waals surface area (Å²) in [6.45, 7) is 8.62. The normalized spacial score (nSPS) is 22.4. The SMILES string of the molecule is CCOC(=O)C(C)[C@@H]1CCN([C@@H](C)c2ccccc2)C1. The molecule has 0 spiro atoms. The Morgan fingerprint density at radius 1 is 1.35 bits per heavy atom. The van der Waals surface area contributed by atoms with Crippen LogP contribution in [0, 0.1) is 11.8 Å². The average molecular weight is 275 g/mol. The van der Waals surface area contributed by atoms with Crippen molar-refractivity contribution in [3.8, 4) is 0 Å². The van der Waals surface area contributed by atoms with Gasteiger partial charge >= 0.3 is 5.97 Å². The van der Waals surface area contributed by atoms with Crippen molar-refractivity contribution in [2.24, 2.45) is 11.8 Å². The topological polar surface area (TPSA) is 29.5 Å². The Bertz CT molecular complexity index is 432.